The third-order valence-electron chi connectivity index (χ3n) is 12.5. The van der Waals surface area contributed by atoms with Crippen LogP contribution in [0.1, 0.15) is 245 Å². The van der Waals surface area contributed by atoms with Gasteiger partial charge in [0.15, 0.2) is 6.10 Å². The summed E-state index contributed by atoms with van der Waals surface area (Å²) >= 11 is 0. The Bertz CT molecular complexity index is 1720. The molecule has 0 spiro atoms. The third-order valence-corrected chi connectivity index (χ3v) is 13.5. The molecule has 0 fully saturated rings. The first kappa shape index (κ1) is 73.2. The molecule has 0 aromatic rings. The molecule has 0 aromatic heterocycles. The molecule has 0 aliphatic heterocycles. The van der Waals surface area contributed by atoms with E-state index in [1.54, 1.807) is 0 Å². The normalized spacial score (nSPS) is 14.0. The standard InChI is InChI=1S/C67H112NO8P/c1-3-5-7-9-11-13-15-17-19-21-23-25-27-29-31-32-34-36-38-40-42-44-46-48-50-52-54-56-58-60-67(70)76-65(64-75-77(71,72)74-62-61-68)63-73-66(69)59-57-55-53-51-49-47-45-43-41-39-37-35-33-30-28-26-24-22-20-18-16-14-12-10-8-6-4-2/h5-8,11-14,17-20,23-26,29,31,34,36,40,42,65H,3-4,9-10,15-16,21-22,27-28,30,32-33,35,37-39,41,43-64,68H2,1-2H3,(H,71,72)/b7-5-,8-6-,13-11-,14-12-,19-17-,20-18-,25-23-,26-24-,31-29-,36-34-,42-40-. The lowest BCUT2D eigenvalue weighted by molar-refractivity contribution is -0.161. The average Bonchev–Trinajstić information content (AvgIpc) is 3.42. The topological polar surface area (TPSA) is 134 Å². The van der Waals surface area contributed by atoms with Crippen molar-refractivity contribution in [3.8, 4) is 0 Å². The van der Waals surface area contributed by atoms with Gasteiger partial charge in [0.05, 0.1) is 13.2 Å². The second-order valence-electron chi connectivity index (χ2n) is 19.8. The molecule has 0 rings (SSSR count). The fourth-order valence-electron chi connectivity index (χ4n) is 8.08. The Morgan fingerprint density at radius 2 is 0.675 bits per heavy atom. The van der Waals surface area contributed by atoms with Crippen LogP contribution in [-0.4, -0.2) is 49.3 Å². The summed E-state index contributed by atoms with van der Waals surface area (Å²) in [5.74, 6) is -0.846. The first-order valence-electron chi connectivity index (χ1n) is 30.7. The zero-order chi connectivity index (χ0) is 55.9. The van der Waals surface area contributed by atoms with Gasteiger partial charge in [0.25, 0.3) is 0 Å². The van der Waals surface area contributed by atoms with E-state index >= 15 is 0 Å². The van der Waals surface area contributed by atoms with Gasteiger partial charge in [0.1, 0.15) is 6.61 Å². The summed E-state index contributed by atoms with van der Waals surface area (Å²) in [6, 6.07) is 0. The van der Waals surface area contributed by atoms with Crippen molar-refractivity contribution in [3.05, 3.63) is 134 Å². The van der Waals surface area contributed by atoms with Crippen molar-refractivity contribution in [2.75, 3.05) is 26.4 Å². The minimum atomic E-state index is -4.40. The molecule has 0 aliphatic rings. The lowest BCUT2D eigenvalue weighted by atomic mass is 10.0. The molecule has 0 saturated heterocycles. The number of hydrogen-bond donors (Lipinski definition) is 2. The number of unbranched alkanes of at least 4 members (excludes halogenated alkanes) is 21. The molecule has 77 heavy (non-hydrogen) atoms. The summed E-state index contributed by atoms with van der Waals surface area (Å²) < 4.78 is 33.1. The molecule has 9 nitrogen and oxygen atoms in total. The Morgan fingerprint density at radius 3 is 1.00 bits per heavy atom. The lowest BCUT2D eigenvalue weighted by Crippen LogP contribution is -2.29. The van der Waals surface area contributed by atoms with Crippen LogP contribution in [0.4, 0.5) is 0 Å². The summed E-state index contributed by atoms with van der Waals surface area (Å²) in [5, 5.41) is 0. The Morgan fingerprint density at radius 1 is 0.390 bits per heavy atom. The van der Waals surface area contributed by atoms with Crippen molar-refractivity contribution in [2.24, 2.45) is 5.73 Å². The van der Waals surface area contributed by atoms with Crippen LogP contribution in [0.15, 0.2) is 134 Å². The number of phosphoric ester groups is 1. The monoisotopic (exact) mass is 1090 g/mol. The van der Waals surface area contributed by atoms with Crippen molar-refractivity contribution in [3.63, 3.8) is 0 Å². The Kier molecular flexibility index (Phi) is 58.3. The van der Waals surface area contributed by atoms with Gasteiger partial charge in [-0.2, -0.15) is 0 Å². The van der Waals surface area contributed by atoms with Gasteiger partial charge in [0, 0.05) is 19.4 Å². The quantitative estimate of drug-likeness (QED) is 0.0264. The predicted octanol–water partition coefficient (Wildman–Crippen LogP) is 19.7. The summed E-state index contributed by atoms with van der Waals surface area (Å²) in [6.45, 7) is 3.50. The molecule has 0 aromatic carbocycles. The number of esters is 2. The van der Waals surface area contributed by atoms with Crippen molar-refractivity contribution in [2.45, 2.75) is 251 Å². The van der Waals surface area contributed by atoms with E-state index in [-0.39, 0.29) is 38.6 Å². The van der Waals surface area contributed by atoms with Gasteiger partial charge in [0.2, 0.25) is 0 Å². The predicted molar refractivity (Wildman–Crippen MR) is 330 cm³/mol. The minimum absolute atomic E-state index is 0.0448. The first-order chi connectivity index (χ1) is 37.8. The number of nitrogens with two attached hydrogens (primary N) is 1. The van der Waals surface area contributed by atoms with E-state index in [0.717, 1.165) is 116 Å². The fraction of sp³-hybridized carbons (Fsp3) is 0.642. The van der Waals surface area contributed by atoms with Crippen LogP contribution < -0.4 is 5.73 Å². The number of rotatable bonds is 56. The molecule has 0 radical (unpaired) electrons. The van der Waals surface area contributed by atoms with Crippen LogP contribution in [0.2, 0.25) is 0 Å². The molecule has 2 atom stereocenters. The highest BCUT2D eigenvalue weighted by atomic mass is 31.2. The summed E-state index contributed by atoms with van der Waals surface area (Å²) in [7, 11) is -4.40. The molecule has 0 aliphatic carbocycles. The number of carbonyl (C=O) groups excluding carboxylic acids is 2. The highest BCUT2D eigenvalue weighted by Gasteiger charge is 2.26. The summed E-state index contributed by atoms with van der Waals surface area (Å²) in [6.07, 6.45) is 86.5. The molecular formula is C67H112NO8P. The van der Waals surface area contributed by atoms with Gasteiger partial charge in [-0.05, 0) is 109 Å². The number of phosphoric acid groups is 1. The van der Waals surface area contributed by atoms with E-state index in [2.05, 4.69) is 148 Å². The van der Waals surface area contributed by atoms with Crippen LogP contribution in [0.5, 0.6) is 0 Å². The summed E-state index contributed by atoms with van der Waals surface area (Å²) in [5.41, 5.74) is 5.39. The van der Waals surface area contributed by atoms with Crippen LogP contribution in [0.25, 0.3) is 0 Å². The molecule has 0 saturated carbocycles. The Labute approximate surface area is 472 Å². The number of hydrogen-bond acceptors (Lipinski definition) is 8. The van der Waals surface area contributed by atoms with Crippen LogP contribution in [-0.2, 0) is 32.7 Å². The first-order valence-corrected chi connectivity index (χ1v) is 32.2. The highest BCUT2D eigenvalue weighted by Crippen LogP contribution is 2.43. The maximum Gasteiger partial charge on any atom is 0.472 e. The van der Waals surface area contributed by atoms with Gasteiger partial charge < -0.3 is 20.1 Å². The van der Waals surface area contributed by atoms with Gasteiger partial charge in [-0.3, -0.25) is 18.6 Å². The van der Waals surface area contributed by atoms with Crippen molar-refractivity contribution >= 4 is 19.8 Å². The van der Waals surface area contributed by atoms with E-state index in [1.165, 1.54) is 96.3 Å². The molecular weight excluding hydrogens is 978 g/mol. The number of allylic oxidation sites excluding steroid dienone is 22. The molecule has 2 unspecified atom stereocenters. The summed E-state index contributed by atoms with van der Waals surface area (Å²) in [4.78, 5) is 35.3. The van der Waals surface area contributed by atoms with Gasteiger partial charge in [-0.1, -0.05) is 257 Å². The van der Waals surface area contributed by atoms with E-state index in [0.29, 0.717) is 6.42 Å². The van der Waals surface area contributed by atoms with E-state index in [9.17, 15) is 19.0 Å². The van der Waals surface area contributed by atoms with E-state index < -0.39 is 26.5 Å². The van der Waals surface area contributed by atoms with E-state index in [4.69, 9.17) is 24.3 Å². The minimum Gasteiger partial charge on any atom is -0.462 e. The van der Waals surface area contributed by atoms with Crippen LogP contribution in [0, 0.1) is 0 Å². The highest BCUT2D eigenvalue weighted by molar-refractivity contribution is 7.47. The maximum absolute atomic E-state index is 12.7. The Hall–Kier alpha value is -3.85. The number of carbonyl (C=O) groups is 2. The largest absolute Gasteiger partial charge is 0.472 e. The fourth-order valence-corrected chi connectivity index (χ4v) is 8.84. The average molecular weight is 1090 g/mol. The van der Waals surface area contributed by atoms with Crippen LogP contribution >= 0.6 is 7.82 Å². The van der Waals surface area contributed by atoms with Gasteiger partial charge in [-0.15, -0.1) is 0 Å². The van der Waals surface area contributed by atoms with Gasteiger partial charge >= 0.3 is 19.8 Å². The Balaban J connectivity index is 4.02. The SMILES string of the molecule is CC/C=C\C/C=C\C/C=C\C/C=C\C/C=C\C/C=C\C/C=C\CCCCCCCCCC(=O)OC(COC(=O)CCCCCCCCCCCCCCCC/C=C\C/C=C\C/C=C\C/C=C\CC)COP(=O)(O)OCCN. The van der Waals surface area contributed by atoms with Crippen molar-refractivity contribution in [1.82, 2.24) is 0 Å². The molecule has 3 N–H and O–H groups in total. The second-order valence-corrected chi connectivity index (χ2v) is 21.3. The smallest absolute Gasteiger partial charge is 0.462 e. The molecule has 438 valence electrons. The third kappa shape index (κ3) is 61.2. The van der Waals surface area contributed by atoms with Crippen molar-refractivity contribution < 1.29 is 37.6 Å². The molecule has 0 bridgehead atoms. The van der Waals surface area contributed by atoms with Crippen LogP contribution in [0.3, 0.4) is 0 Å². The van der Waals surface area contributed by atoms with Crippen molar-refractivity contribution in [1.29, 1.82) is 0 Å². The van der Waals surface area contributed by atoms with Gasteiger partial charge in [-0.25, -0.2) is 4.57 Å². The second kappa shape index (κ2) is 61.4. The van der Waals surface area contributed by atoms with E-state index in [1.807, 2.05) is 0 Å². The lowest BCUT2D eigenvalue weighted by Gasteiger charge is -2.19. The zero-order valence-electron chi connectivity index (χ0n) is 48.9. The number of ether oxygens (including phenoxy) is 2. The zero-order valence-corrected chi connectivity index (χ0v) is 49.8. The molecule has 0 amide bonds. The molecule has 10 heteroatoms. The molecule has 0 heterocycles. The maximum atomic E-state index is 12.7.